The third kappa shape index (κ3) is 3.20. The molecular formula is C13H15NO3S. The third-order valence-corrected chi connectivity index (χ3v) is 3.95. The maximum Gasteiger partial charge on any atom is 0.305 e. The number of rotatable bonds is 5. The molecule has 1 atom stereocenters. The topological polar surface area (TPSA) is 66.4 Å². The Kier molecular flexibility index (Phi) is 4.15. The SMILES string of the molecule is O=C(O)CC(NC(=O)C1CC=CC1)c1cccs1. The van der Waals surface area contributed by atoms with Gasteiger partial charge in [0.25, 0.3) is 0 Å². The molecule has 0 fully saturated rings. The third-order valence-electron chi connectivity index (χ3n) is 2.96. The lowest BCUT2D eigenvalue weighted by molar-refractivity contribution is -0.137. The molecule has 96 valence electrons. The Morgan fingerprint density at radius 3 is 2.72 bits per heavy atom. The number of carbonyl (C=O) groups excluding carboxylic acids is 1. The first-order valence-corrected chi connectivity index (χ1v) is 6.75. The molecular weight excluding hydrogens is 250 g/mol. The highest BCUT2D eigenvalue weighted by atomic mass is 32.1. The van der Waals surface area contributed by atoms with E-state index in [-0.39, 0.29) is 18.2 Å². The number of carbonyl (C=O) groups is 2. The van der Waals surface area contributed by atoms with Crippen LogP contribution >= 0.6 is 11.3 Å². The van der Waals surface area contributed by atoms with Crippen molar-refractivity contribution in [3.63, 3.8) is 0 Å². The van der Waals surface area contributed by atoms with Crippen molar-refractivity contribution in [3.05, 3.63) is 34.5 Å². The summed E-state index contributed by atoms with van der Waals surface area (Å²) in [6.45, 7) is 0. The molecule has 1 aliphatic carbocycles. The van der Waals surface area contributed by atoms with E-state index in [0.717, 1.165) is 17.7 Å². The predicted octanol–water partition coefficient (Wildman–Crippen LogP) is 2.35. The van der Waals surface area contributed by atoms with Gasteiger partial charge in [-0.25, -0.2) is 0 Å². The molecule has 1 unspecified atom stereocenters. The average Bonchev–Trinajstić information content (AvgIpc) is 3.01. The molecule has 1 aromatic rings. The Morgan fingerprint density at radius 1 is 1.44 bits per heavy atom. The van der Waals surface area contributed by atoms with Crippen LogP contribution in [0.3, 0.4) is 0 Å². The highest BCUT2D eigenvalue weighted by molar-refractivity contribution is 7.10. The second kappa shape index (κ2) is 5.82. The number of amides is 1. The van der Waals surface area contributed by atoms with Crippen molar-refractivity contribution in [3.8, 4) is 0 Å². The van der Waals surface area contributed by atoms with E-state index in [1.807, 2.05) is 29.7 Å². The van der Waals surface area contributed by atoms with Crippen LogP contribution in [0.5, 0.6) is 0 Å². The number of hydrogen-bond donors (Lipinski definition) is 2. The van der Waals surface area contributed by atoms with Crippen molar-refractivity contribution in [2.24, 2.45) is 5.92 Å². The molecule has 2 N–H and O–H groups in total. The minimum atomic E-state index is -0.904. The number of hydrogen-bond acceptors (Lipinski definition) is 3. The quantitative estimate of drug-likeness (QED) is 0.803. The van der Waals surface area contributed by atoms with Crippen molar-refractivity contribution in [2.75, 3.05) is 0 Å². The molecule has 0 saturated heterocycles. The van der Waals surface area contributed by atoms with Crippen molar-refractivity contribution < 1.29 is 14.7 Å². The van der Waals surface area contributed by atoms with Crippen LogP contribution in [0.1, 0.15) is 30.2 Å². The van der Waals surface area contributed by atoms with Gasteiger partial charge in [-0.3, -0.25) is 9.59 Å². The maximum absolute atomic E-state index is 12.0. The lowest BCUT2D eigenvalue weighted by atomic mass is 10.1. The van der Waals surface area contributed by atoms with Gasteiger partial charge in [-0.1, -0.05) is 18.2 Å². The van der Waals surface area contributed by atoms with Gasteiger partial charge < -0.3 is 10.4 Å². The minimum absolute atomic E-state index is 0.0405. The first kappa shape index (κ1) is 12.8. The summed E-state index contributed by atoms with van der Waals surface area (Å²) in [7, 11) is 0. The summed E-state index contributed by atoms with van der Waals surface area (Å²) >= 11 is 1.46. The van der Waals surface area contributed by atoms with Crippen LogP contribution in [0.25, 0.3) is 0 Å². The van der Waals surface area contributed by atoms with Gasteiger partial charge in [0.2, 0.25) is 5.91 Å². The van der Waals surface area contributed by atoms with Crippen LogP contribution in [0.2, 0.25) is 0 Å². The zero-order valence-corrected chi connectivity index (χ0v) is 10.7. The van der Waals surface area contributed by atoms with Crippen molar-refractivity contribution in [1.29, 1.82) is 0 Å². The Morgan fingerprint density at radius 2 is 2.17 bits per heavy atom. The van der Waals surface area contributed by atoms with Gasteiger partial charge in [0.15, 0.2) is 0 Å². The summed E-state index contributed by atoms with van der Waals surface area (Å²) in [5.41, 5.74) is 0. The highest BCUT2D eigenvalue weighted by Crippen LogP contribution is 2.24. The standard InChI is InChI=1S/C13H15NO3S/c15-12(16)8-10(11-6-3-7-18-11)14-13(17)9-4-1-2-5-9/h1-3,6-7,9-10H,4-5,8H2,(H,14,17)(H,15,16). The molecule has 2 rings (SSSR count). The van der Waals surface area contributed by atoms with E-state index < -0.39 is 12.0 Å². The van der Waals surface area contributed by atoms with E-state index in [1.165, 1.54) is 11.3 Å². The summed E-state index contributed by atoms with van der Waals surface area (Å²) < 4.78 is 0. The van der Waals surface area contributed by atoms with Crippen LogP contribution in [0, 0.1) is 5.92 Å². The molecule has 0 bridgehead atoms. The highest BCUT2D eigenvalue weighted by Gasteiger charge is 2.24. The van der Waals surface area contributed by atoms with Gasteiger partial charge in [0.1, 0.15) is 0 Å². The van der Waals surface area contributed by atoms with Gasteiger partial charge in [0.05, 0.1) is 12.5 Å². The summed E-state index contributed by atoms with van der Waals surface area (Å²) in [5.74, 6) is -1.00. The van der Waals surface area contributed by atoms with Crippen LogP contribution in [0.15, 0.2) is 29.7 Å². The first-order chi connectivity index (χ1) is 8.66. The van der Waals surface area contributed by atoms with E-state index in [9.17, 15) is 9.59 Å². The number of carboxylic acid groups (broad SMARTS) is 1. The van der Waals surface area contributed by atoms with Crippen LogP contribution in [-0.2, 0) is 9.59 Å². The average molecular weight is 265 g/mol. The van der Waals surface area contributed by atoms with Gasteiger partial charge in [-0.05, 0) is 24.3 Å². The van der Waals surface area contributed by atoms with Crippen molar-refractivity contribution in [1.82, 2.24) is 5.32 Å². The number of allylic oxidation sites excluding steroid dienone is 2. The number of nitrogens with one attached hydrogen (secondary N) is 1. The maximum atomic E-state index is 12.0. The number of thiophene rings is 1. The van der Waals surface area contributed by atoms with E-state index >= 15 is 0 Å². The van der Waals surface area contributed by atoms with Crippen molar-refractivity contribution >= 4 is 23.2 Å². The van der Waals surface area contributed by atoms with Gasteiger partial charge in [-0.2, -0.15) is 0 Å². The Balaban J connectivity index is 2.01. The molecule has 0 spiro atoms. The summed E-state index contributed by atoms with van der Waals surface area (Å²) in [4.78, 5) is 23.7. The zero-order chi connectivity index (χ0) is 13.0. The van der Waals surface area contributed by atoms with Crippen molar-refractivity contribution in [2.45, 2.75) is 25.3 Å². The smallest absolute Gasteiger partial charge is 0.305 e. The second-order valence-corrected chi connectivity index (χ2v) is 5.29. The van der Waals surface area contributed by atoms with E-state index in [4.69, 9.17) is 5.11 Å². The van der Waals surface area contributed by atoms with Crippen LogP contribution < -0.4 is 5.32 Å². The van der Waals surface area contributed by atoms with E-state index in [2.05, 4.69) is 5.32 Å². The monoisotopic (exact) mass is 265 g/mol. The summed E-state index contributed by atoms with van der Waals surface area (Å²) in [6, 6.07) is 3.29. The largest absolute Gasteiger partial charge is 0.481 e. The molecule has 0 aliphatic heterocycles. The van der Waals surface area contributed by atoms with E-state index in [1.54, 1.807) is 0 Å². The lowest BCUT2D eigenvalue weighted by Gasteiger charge is -2.18. The van der Waals surface area contributed by atoms with Gasteiger partial charge in [0, 0.05) is 10.8 Å². The molecule has 18 heavy (non-hydrogen) atoms. The molecule has 0 radical (unpaired) electrons. The molecule has 1 aromatic heterocycles. The minimum Gasteiger partial charge on any atom is -0.481 e. The Bertz CT molecular complexity index is 445. The predicted molar refractivity (Wildman–Crippen MR) is 69.3 cm³/mol. The van der Waals surface area contributed by atoms with Gasteiger partial charge in [-0.15, -0.1) is 11.3 Å². The lowest BCUT2D eigenvalue weighted by Crippen LogP contribution is -2.33. The summed E-state index contributed by atoms with van der Waals surface area (Å²) in [5, 5.41) is 13.6. The molecule has 0 saturated carbocycles. The Hall–Kier alpha value is -1.62. The molecule has 1 heterocycles. The molecule has 0 aromatic carbocycles. The van der Waals surface area contributed by atoms with Crippen LogP contribution in [-0.4, -0.2) is 17.0 Å². The molecule has 5 heteroatoms. The zero-order valence-electron chi connectivity index (χ0n) is 9.83. The molecule has 4 nitrogen and oxygen atoms in total. The fourth-order valence-electron chi connectivity index (χ4n) is 2.01. The fourth-order valence-corrected chi connectivity index (χ4v) is 2.79. The Labute approximate surface area is 109 Å². The fraction of sp³-hybridized carbons (Fsp3) is 0.385. The van der Waals surface area contributed by atoms with E-state index in [0.29, 0.717) is 0 Å². The first-order valence-electron chi connectivity index (χ1n) is 5.87. The number of aliphatic carboxylic acids is 1. The molecule has 1 amide bonds. The normalized spacial score (nSPS) is 16.7. The summed E-state index contributed by atoms with van der Waals surface area (Å²) in [6.07, 6.45) is 5.39. The second-order valence-electron chi connectivity index (χ2n) is 4.31. The van der Waals surface area contributed by atoms with Crippen LogP contribution in [0.4, 0.5) is 0 Å². The number of carboxylic acids is 1. The molecule has 1 aliphatic rings. The van der Waals surface area contributed by atoms with Gasteiger partial charge >= 0.3 is 5.97 Å².